The molecule has 18 heavy (non-hydrogen) atoms. The molecular weight excluding hydrogens is 234 g/mol. The smallest absolute Gasteiger partial charge is 0.335 e. The van der Waals surface area contributed by atoms with E-state index in [0.717, 1.165) is 17.0 Å². The third kappa shape index (κ3) is 3.18. The molecule has 2 rings (SSSR count). The van der Waals surface area contributed by atoms with Crippen molar-refractivity contribution in [3.8, 4) is 0 Å². The topological polar surface area (TPSA) is 72.6 Å². The van der Waals surface area contributed by atoms with Gasteiger partial charge in [-0.05, 0) is 24.6 Å². The number of rotatable bonds is 5. The third-order valence-electron chi connectivity index (χ3n) is 2.37. The number of aryl methyl sites for hydroxylation is 1. The second-order valence-electron chi connectivity index (χ2n) is 3.93. The van der Waals surface area contributed by atoms with Crippen molar-refractivity contribution in [2.24, 2.45) is 0 Å². The lowest BCUT2D eigenvalue weighted by molar-refractivity contribution is 0.0696. The Balaban J connectivity index is 1.90. The molecule has 0 aliphatic heterocycles. The van der Waals surface area contributed by atoms with Crippen molar-refractivity contribution in [3.05, 3.63) is 52.9 Å². The van der Waals surface area contributed by atoms with E-state index in [1.54, 1.807) is 24.3 Å². The van der Waals surface area contributed by atoms with Crippen LogP contribution in [0.4, 0.5) is 0 Å². The second kappa shape index (κ2) is 5.46. The molecule has 1 N–H and O–H groups in total. The molecule has 0 unspecified atom stereocenters. The lowest BCUT2D eigenvalue weighted by atomic mass is 10.1. The number of aromatic carboxylic acids is 1. The first-order valence-electron chi connectivity index (χ1n) is 5.47. The molecule has 0 spiro atoms. The highest BCUT2D eigenvalue weighted by Crippen LogP contribution is 2.09. The van der Waals surface area contributed by atoms with E-state index in [4.69, 9.17) is 14.4 Å². The molecule has 2 aromatic rings. The lowest BCUT2D eigenvalue weighted by Crippen LogP contribution is -1.99. The molecule has 0 aliphatic carbocycles. The average molecular weight is 247 g/mol. The fourth-order valence-corrected chi connectivity index (χ4v) is 1.55. The Morgan fingerprint density at radius 3 is 2.89 bits per heavy atom. The molecule has 0 radical (unpaired) electrons. The van der Waals surface area contributed by atoms with Crippen molar-refractivity contribution in [2.75, 3.05) is 0 Å². The second-order valence-corrected chi connectivity index (χ2v) is 3.93. The molecule has 5 nitrogen and oxygen atoms in total. The molecule has 0 atom stereocenters. The van der Waals surface area contributed by atoms with Gasteiger partial charge >= 0.3 is 5.97 Å². The van der Waals surface area contributed by atoms with E-state index >= 15 is 0 Å². The summed E-state index contributed by atoms with van der Waals surface area (Å²) in [7, 11) is 0. The zero-order valence-electron chi connectivity index (χ0n) is 9.92. The van der Waals surface area contributed by atoms with Gasteiger partial charge in [0, 0.05) is 6.07 Å². The van der Waals surface area contributed by atoms with Crippen LogP contribution in [0.25, 0.3) is 0 Å². The van der Waals surface area contributed by atoms with Crippen LogP contribution in [0.3, 0.4) is 0 Å². The van der Waals surface area contributed by atoms with E-state index in [2.05, 4.69) is 5.16 Å². The van der Waals surface area contributed by atoms with Crippen molar-refractivity contribution in [3.63, 3.8) is 0 Å². The molecule has 1 aromatic carbocycles. The Morgan fingerprint density at radius 1 is 1.39 bits per heavy atom. The van der Waals surface area contributed by atoms with Gasteiger partial charge in [0.25, 0.3) is 0 Å². The number of ether oxygens (including phenoxy) is 1. The molecule has 94 valence electrons. The highest BCUT2D eigenvalue weighted by molar-refractivity contribution is 5.87. The summed E-state index contributed by atoms with van der Waals surface area (Å²) in [6.07, 6.45) is 0. The summed E-state index contributed by atoms with van der Waals surface area (Å²) < 4.78 is 10.3. The molecule has 0 saturated carbocycles. The number of nitrogens with zero attached hydrogens (tertiary/aromatic N) is 1. The predicted molar refractivity (Wildman–Crippen MR) is 63.1 cm³/mol. The molecule has 0 amide bonds. The highest BCUT2D eigenvalue weighted by Gasteiger charge is 2.04. The van der Waals surface area contributed by atoms with E-state index < -0.39 is 5.97 Å². The molecule has 5 heteroatoms. The van der Waals surface area contributed by atoms with E-state index in [0.29, 0.717) is 13.2 Å². The lowest BCUT2D eigenvalue weighted by Gasteiger charge is -2.03. The van der Waals surface area contributed by atoms with Crippen molar-refractivity contribution >= 4 is 5.97 Å². The number of benzene rings is 1. The number of carboxylic acids is 1. The summed E-state index contributed by atoms with van der Waals surface area (Å²) in [6, 6.07) is 8.46. The largest absolute Gasteiger partial charge is 0.478 e. The Bertz CT molecular complexity index is 547. The van der Waals surface area contributed by atoms with Crippen LogP contribution in [0.5, 0.6) is 0 Å². The van der Waals surface area contributed by atoms with Crippen LogP contribution in [0.2, 0.25) is 0 Å². The SMILES string of the molecule is Cc1cc(COCc2cccc(C(=O)O)c2)no1. The van der Waals surface area contributed by atoms with Crippen molar-refractivity contribution in [1.29, 1.82) is 0 Å². The maximum atomic E-state index is 10.8. The minimum Gasteiger partial charge on any atom is -0.478 e. The Hall–Kier alpha value is -2.14. The van der Waals surface area contributed by atoms with Crippen LogP contribution < -0.4 is 0 Å². The van der Waals surface area contributed by atoms with Gasteiger partial charge in [0.15, 0.2) is 0 Å². The summed E-state index contributed by atoms with van der Waals surface area (Å²) >= 11 is 0. The number of hydrogen-bond donors (Lipinski definition) is 1. The average Bonchev–Trinajstić information content (AvgIpc) is 2.75. The first-order chi connectivity index (χ1) is 8.65. The van der Waals surface area contributed by atoms with Crippen LogP contribution in [0.15, 0.2) is 34.9 Å². The minimum atomic E-state index is -0.941. The standard InChI is InChI=1S/C13H13NO4/c1-9-5-12(14-18-9)8-17-7-10-3-2-4-11(6-10)13(15)16/h2-6H,7-8H2,1H3,(H,15,16). The number of carboxylic acid groups (broad SMARTS) is 1. The zero-order chi connectivity index (χ0) is 13.0. The van der Waals surface area contributed by atoms with Gasteiger partial charge in [-0.15, -0.1) is 0 Å². The normalized spacial score (nSPS) is 10.5. The van der Waals surface area contributed by atoms with Crippen molar-refractivity contribution < 1.29 is 19.2 Å². The quantitative estimate of drug-likeness (QED) is 0.878. The Kier molecular flexibility index (Phi) is 3.74. The Labute approximate surface area is 104 Å². The van der Waals surface area contributed by atoms with E-state index in [1.165, 1.54) is 0 Å². The summed E-state index contributed by atoms with van der Waals surface area (Å²) in [5.41, 5.74) is 1.80. The monoisotopic (exact) mass is 247 g/mol. The fraction of sp³-hybridized carbons (Fsp3) is 0.231. The molecule has 0 fully saturated rings. The molecular formula is C13H13NO4. The molecule has 0 aliphatic rings. The summed E-state index contributed by atoms with van der Waals surface area (Å²) in [4.78, 5) is 10.8. The first kappa shape index (κ1) is 12.3. The molecule has 1 aromatic heterocycles. The van der Waals surface area contributed by atoms with Crippen LogP contribution in [-0.2, 0) is 18.0 Å². The Morgan fingerprint density at radius 2 is 2.22 bits per heavy atom. The minimum absolute atomic E-state index is 0.258. The fourth-order valence-electron chi connectivity index (χ4n) is 1.55. The van der Waals surface area contributed by atoms with Crippen molar-refractivity contribution in [1.82, 2.24) is 5.16 Å². The van der Waals surface area contributed by atoms with Gasteiger partial charge in [0.05, 0.1) is 18.8 Å². The van der Waals surface area contributed by atoms with Gasteiger partial charge in [-0.1, -0.05) is 17.3 Å². The van der Waals surface area contributed by atoms with E-state index in [1.807, 2.05) is 13.0 Å². The van der Waals surface area contributed by atoms with Gasteiger partial charge in [0.1, 0.15) is 11.5 Å². The summed E-state index contributed by atoms with van der Waals surface area (Å²) in [5, 5.41) is 12.7. The summed E-state index contributed by atoms with van der Waals surface area (Å²) in [6.45, 7) is 2.49. The zero-order valence-corrected chi connectivity index (χ0v) is 9.92. The van der Waals surface area contributed by atoms with Gasteiger partial charge in [-0.2, -0.15) is 0 Å². The highest BCUT2D eigenvalue weighted by atomic mass is 16.5. The van der Waals surface area contributed by atoms with E-state index in [9.17, 15) is 4.79 Å². The van der Waals surface area contributed by atoms with Gasteiger partial charge < -0.3 is 14.4 Å². The van der Waals surface area contributed by atoms with Crippen LogP contribution in [0, 0.1) is 6.92 Å². The predicted octanol–water partition coefficient (Wildman–Crippen LogP) is 2.40. The van der Waals surface area contributed by atoms with Gasteiger partial charge in [-0.3, -0.25) is 0 Å². The maximum Gasteiger partial charge on any atom is 0.335 e. The van der Waals surface area contributed by atoms with Gasteiger partial charge in [0.2, 0.25) is 0 Å². The van der Waals surface area contributed by atoms with Crippen LogP contribution in [0.1, 0.15) is 27.4 Å². The molecule has 0 bridgehead atoms. The summed E-state index contributed by atoms with van der Waals surface area (Å²) in [5.74, 6) is -0.203. The van der Waals surface area contributed by atoms with Gasteiger partial charge in [-0.25, -0.2) is 4.79 Å². The number of hydrogen-bond acceptors (Lipinski definition) is 4. The maximum absolute atomic E-state index is 10.8. The van der Waals surface area contributed by atoms with E-state index in [-0.39, 0.29) is 5.56 Å². The number of aromatic nitrogens is 1. The first-order valence-corrected chi connectivity index (χ1v) is 5.47. The van der Waals surface area contributed by atoms with Crippen molar-refractivity contribution in [2.45, 2.75) is 20.1 Å². The van der Waals surface area contributed by atoms with Crippen LogP contribution >= 0.6 is 0 Å². The van der Waals surface area contributed by atoms with Crippen LogP contribution in [-0.4, -0.2) is 16.2 Å². The third-order valence-corrected chi connectivity index (χ3v) is 2.37. The number of carbonyl (C=O) groups is 1. The molecule has 1 heterocycles. The molecule has 0 saturated heterocycles.